The molecule has 0 saturated heterocycles. The van der Waals surface area contributed by atoms with Crippen LogP contribution in [0.1, 0.15) is 120 Å². The topological polar surface area (TPSA) is 46.3 Å². The van der Waals surface area contributed by atoms with Crippen LogP contribution in [0.25, 0.3) is 0 Å². The Morgan fingerprint density at radius 3 is 1.89 bits per heavy atom. The highest BCUT2D eigenvalue weighted by molar-refractivity contribution is 5.76. The van der Waals surface area contributed by atoms with Crippen molar-refractivity contribution in [2.24, 2.45) is 5.73 Å². The van der Waals surface area contributed by atoms with Crippen molar-refractivity contribution >= 4 is 5.91 Å². The Balaban J connectivity index is 1.64. The molecule has 0 radical (unpaired) electrons. The highest BCUT2D eigenvalue weighted by atomic mass is 16.2. The summed E-state index contributed by atoms with van der Waals surface area (Å²) in [7, 11) is 0. The van der Waals surface area contributed by atoms with Crippen molar-refractivity contribution < 1.29 is 4.79 Å². The molecule has 2 aromatic rings. The molecule has 3 nitrogen and oxygen atoms in total. The molecule has 1 amide bonds. The fourth-order valence-corrected chi connectivity index (χ4v) is 5.16. The Labute approximate surface area is 228 Å². The van der Waals surface area contributed by atoms with E-state index in [1.807, 2.05) is 0 Å². The maximum absolute atomic E-state index is 13.0. The fourth-order valence-electron chi connectivity index (χ4n) is 5.16. The summed E-state index contributed by atoms with van der Waals surface area (Å²) in [5.41, 5.74) is 8.48. The van der Waals surface area contributed by atoms with E-state index in [0.717, 1.165) is 51.7 Å². The van der Waals surface area contributed by atoms with Gasteiger partial charge in [-0.2, -0.15) is 0 Å². The van der Waals surface area contributed by atoms with Gasteiger partial charge in [0.25, 0.3) is 0 Å². The van der Waals surface area contributed by atoms with Crippen LogP contribution in [0.5, 0.6) is 0 Å². The van der Waals surface area contributed by atoms with Crippen LogP contribution < -0.4 is 5.73 Å². The van der Waals surface area contributed by atoms with Crippen LogP contribution in [0, 0.1) is 0 Å². The molecule has 1 unspecified atom stereocenters. The van der Waals surface area contributed by atoms with Gasteiger partial charge in [-0.1, -0.05) is 119 Å². The predicted octanol–water partition coefficient (Wildman–Crippen LogP) is 8.67. The second-order valence-corrected chi connectivity index (χ2v) is 10.9. The van der Waals surface area contributed by atoms with Crippen molar-refractivity contribution in [2.45, 2.75) is 116 Å². The molecular formula is C34H54N2O. The van der Waals surface area contributed by atoms with E-state index in [-0.39, 0.29) is 0 Å². The maximum Gasteiger partial charge on any atom is 0.222 e. The Morgan fingerprint density at radius 2 is 1.22 bits per heavy atom. The molecule has 2 aromatic carbocycles. The summed E-state index contributed by atoms with van der Waals surface area (Å²) in [5.74, 6) is 0.987. The van der Waals surface area contributed by atoms with Crippen molar-refractivity contribution in [2.75, 3.05) is 19.6 Å². The van der Waals surface area contributed by atoms with Crippen molar-refractivity contribution in [3.8, 4) is 0 Å². The summed E-state index contributed by atoms with van der Waals surface area (Å²) in [6.45, 7) is 4.98. The minimum atomic E-state index is 0.376. The Morgan fingerprint density at radius 1 is 0.676 bits per heavy atom. The lowest BCUT2D eigenvalue weighted by atomic mass is 9.95. The molecule has 0 bridgehead atoms. The lowest BCUT2D eigenvalue weighted by Gasteiger charge is -2.23. The number of carbonyl (C=O) groups excluding carboxylic acids is 1. The summed E-state index contributed by atoms with van der Waals surface area (Å²) < 4.78 is 0. The van der Waals surface area contributed by atoms with Gasteiger partial charge < -0.3 is 10.6 Å². The largest absolute Gasteiger partial charge is 0.343 e. The van der Waals surface area contributed by atoms with E-state index < -0.39 is 0 Å². The van der Waals surface area contributed by atoms with Crippen LogP contribution in [0.4, 0.5) is 0 Å². The third kappa shape index (κ3) is 15.0. The molecule has 3 heteroatoms. The predicted molar refractivity (Wildman–Crippen MR) is 160 cm³/mol. The second-order valence-electron chi connectivity index (χ2n) is 10.9. The molecule has 0 aliphatic carbocycles. The van der Waals surface area contributed by atoms with E-state index in [9.17, 15) is 4.79 Å². The number of nitrogens with zero attached hydrogens (tertiary/aromatic N) is 1. The minimum Gasteiger partial charge on any atom is -0.343 e. The van der Waals surface area contributed by atoms with Crippen LogP contribution >= 0.6 is 0 Å². The van der Waals surface area contributed by atoms with E-state index in [1.54, 1.807) is 0 Å². The van der Waals surface area contributed by atoms with E-state index in [0.29, 0.717) is 18.2 Å². The summed E-state index contributed by atoms with van der Waals surface area (Å²) in [6.07, 6.45) is 18.5. The Hall–Kier alpha value is -2.13. The van der Waals surface area contributed by atoms with Crippen LogP contribution in [-0.2, 0) is 11.2 Å². The number of rotatable bonds is 22. The minimum absolute atomic E-state index is 0.376. The van der Waals surface area contributed by atoms with Gasteiger partial charge in [0.05, 0.1) is 0 Å². The van der Waals surface area contributed by atoms with Gasteiger partial charge in [-0.05, 0) is 68.5 Å². The number of hydrogen-bond donors (Lipinski definition) is 1. The smallest absolute Gasteiger partial charge is 0.222 e. The summed E-state index contributed by atoms with van der Waals surface area (Å²) in [6, 6.07) is 21.6. The number of hydrogen-bond acceptors (Lipinski definition) is 2. The van der Waals surface area contributed by atoms with Gasteiger partial charge in [0.2, 0.25) is 5.91 Å². The third-order valence-corrected chi connectivity index (χ3v) is 7.62. The third-order valence-electron chi connectivity index (χ3n) is 7.62. The lowest BCUT2D eigenvalue weighted by Crippen LogP contribution is -2.32. The molecule has 0 aromatic heterocycles. The average Bonchev–Trinajstić information content (AvgIpc) is 2.93. The number of amides is 1. The number of nitrogens with two attached hydrogens (primary N) is 1. The maximum atomic E-state index is 13.0. The van der Waals surface area contributed by atoms with Crippen molar-refractivity contribution in [3.63, 3.8) is 0 Å². The van der Waals surface area contributed by atoms with Gasteiger partial charge in [-0.3, -0.25) is 4.79 Å². The van der Waals surface area contributed by atoms with E-state index in [4.69, 9.17) is 5.73 Å². The zero-order valence-electron chi connectivity index (χ0n) is 23.7. The zero-order chi connectivity index (χ0) is 26.4. The quantitative estimate of drug-likeness (QED) is 0.162. The molecule has 0 heterocycles. The summed E-state index contributed by atoms with van der Waals surface area (Å²) >= 11 is 0. The van der Waals surface area contributed by atoms with Crippen molar-refractivity contribution in [1.29, 1.82) is 0 Å². The molecular weight excluding hydrogens is 452 g/mol. The molecule has 0 aliphatic rings. The van der Waals surface area contributed by atoms with E-state index in [2.05, 4.69) is 72.5 Å². The molecule has 1 atom stereocenters. The van der Waals surface area contributed by atoms with E-state index in [1.165, 1.54) is 75.3 Å². The first-order chi connectivity index (χ1) is 18.2. The lowest BCUT2D eigenvalue weighted by molar-refractivity contribution is -0.131. The molecule has 37 heavy (non-hydrogen) atoms. The van der Waals surface area contributed by atoms with E-state index >= 15 is 0 Å². The normalized spacial score (nSPS) is 11.9. The first kappa shape index (κ1) is 31.1. The molecule has 206 valence electrons. The summed E-state index contributed by atoms with van der Waals surface area (Å²) in [5, 5.41) is 0. The number of aryl methyl sites for hydroxylation is 1. The van der Waals surface area contributed by atoms with Crippen LogP contribution in [0.15, 0.2) is 60.7 Å². The summed E-state index contributed by atoms with van der Waals surface area (Å²) in [4.78, 5) is 15.2. The van der Waals surface area contributed by atoms with Crippen molar-refractivity contribution in [1.82, 2.24) is 4.90 Å². The number of benzene rings is 2. The molecule has 0 fully saturated rings. The van der Waals surface area contributed by atoms with Gasteiger partial charge in [-0.15, -0.1) is 0 Å². The van der Waals surface area contributed by atoms with Gasteiger partial charge in [0.1, 0.15) is 0 Å². The monoisotopic (exact) mass is 506 g/mol. The fraction of sp³-hybridized carbons (Fsp3) is 0.618. The van der Waals surface area contributed by atoms with Crippen LogP contribution in [0.3, 0.4) is 0 Å². The van der Waals surface area contributed by atoms with Gasteiger partial charge in [-0.25, -0.2) is 0 Å². The molecule has 2 N–H and O–H groups in total. The van der Waals surface area contributed by atoms with Gasteiger partial charge >= 0.3 is 0 Å². The zero-order valence-corrected chi connectivity index (χ0v) is 23.7. The van der Waals surface area contributed by atoms with Crippen molar-refractivity contribution in [3.05, 3.63) is 71.8 Å². The molecule has 0 aliphatic heterocycles. The standard InChI is InChI=1S/C34H54N2O/c1-31(33-25-15-9-16-26-33)21-11-10-20-30-36(34(37)27-17-5-2-6-18-28-35)29-19-7-3-4-12-22-32-23-13-8-14-24-32/h8-9,13-16,23-26,31H,2-7,10-12,17-22,27-30,35H2,1H3. The first-order valence-electron chi connectivity index (χ1n) is 15.3. The SMILES string of the molecule is CC(CCCCCN(CCCCCCCc1ccccc1)C(=O)CCCCCCCN)c1ccccc1. The van der Waals surface area contributed by atoms with Crippen LogP contribution in [0.2, 0.25) is 0 Å². The van der Waals surface area contributed by atoms with Gasteiger partial charge in [0, 0.05) is 19.5 Å². The highest BCUT2D eigenvalue weighted by Gasteiger charge is 2.13. The average molecular weight is 507 g/mol. The Kier molecular flexibility index (Phi) is 17.5. The van der Waals surface area contributed by atoms with Crippen LogP contribution in [-0.4, -0.2) is 30.4 Å². The molecule has 0 spiro atoms. The molecule has 2 rings (SSSR count). The first-order valence-corrected chi connectivity index (χ1v) is 15.3. The number of carbonyl (C=O) groups is 1. The Bertz CT molecular complexity index is 792. The number of unbranched alkanes of at least 4 members (excludes halogenated alkanes) is 10. The molecule has 0 saturated carbocycles. The highest BCUT2D eigenvalue weighted by Crippen LogP contribution is 2.21. The second kappa shape index (κ2) is 20.9. The van der Waals surface area contributed by atoms with Gasteiger partial charge in [0.15, 0.2) is 0 Å².